The molecular weight excluding hydrogens is 302 g/mol. The van der Waals surface area contributed by atoms with Gasteiger partial charge >= 0.3 is 5.97 Å². The summed E-state index contributed by atoms with van der Waals surface area (Å²) in [6.07, 6.45) is 1.22. The number of aromatic carboxylic acids is 1. The Balaban J connectivity index is 2.42. The van der Waals surface area contributed by atoms with E-state index in [0.717, 1.165) is 11.3 Å². The fraction of sp³-hybridized carbons (Fsp3) is 0.0909. The zero-order valence-corrected chi connectivity index (χ0v) is 12.0. The molecule has 1 heterocycles. The van der Waals surface area contributed by atoms with Crippen molar-refractivity contribution >= 4 is 38.7 Å². The van der Waals surface area contributed by atoms with Crippen LogP contribution in [0.25, 0.3) is 0 Å². The second-order valence-corrected chi connectivity index (χ2v) is 7.06. The molecule has 0 saturated heterocycles. The minimum Gasteiger partial charge on any atom is -0.478 e. The number of anilines is 2. The predicted molar refractivity (Wildman–Crippen MR) is 75.5 cm³/mol. The van der Waals surface area contributed by atoms with Gasteiger partial charge in [-0.15, -0.1) is 11.3 Å². The Kier molecular flexibility index (Phi) is 3.64. The van der Waals surface area contributed by atoms with Crippen molar-refractivity contribution in [1.82, 2.24) is 4.98 Å². The van der Waals surface area contributed by atoms with Gasteiger partial charge in [0.25, 0.3) is 10.0 Å². The summed E-state index contributed by atoms with van der Waals surface area (Å²) < 4.78 is 26.5. The van der Waals surface area contributed by atoms with E-state index in [1.54, 1.807) is 6.92 Å². The Labute approximate surface area is 119 Å². The number of thiazole rings is 1. The number of nitrogens with one attached hydrogen (secondary N) is 1. The molecule has 0 atom stereocenters. The van der Waals surface area contributed by atoms with Gasteiger partial charge in [0.05, 0.1) is 22.5 Å². The van der Waals surface area contributed by atoms with Crippen molar-refractivity contribution < 1.29 is 18.3 Å². The van der Waals surface area contributed by atoms with Crippen LogP contribution in [0.15, 0.2) is 28.6 Å². The molecule has 106 valence electrons. The molecule has 0 radical (unpaired) electrons. The summed E-state index contributed by atoms with van der Waals surface area (Å²) >= 11 is 0.998. The van der Waals surface area contributed by atoms with Crippen molar-refractivity contribution in [2.45, 2.75) is 11.1 Å². The van der Waals surface area contributed by atoms with E-state index >= 15 is 0 Å². The fourth-order valence-electron chi connectivity index (χ4n) is 1.49. The second kappa shape index (κ2) is 5.10. The largest absolute Gasteiger partial charge is 0.478 e. The van der Waals surface area contributed by atoms with Crippen molar-refractivity contribution in [1.29, 1.82) is 0 Å². The van der Waals surface area contributed by atoms with Crippen LogP contribution in [0.3, 0.4) is 0 Å². The lowest BCUT2D eigenvalue weighted by Crippen LogP contribution is -2.14. The molecule has 0 saturated carbocycles. The van der Waals surface area contributed by atoms with Crippen molar-refractivity contribution in [3.05, 3.63) is 35.0 Å². The first kappa shape index (κ1) is 14.3. The number of aryl methyl sites for hydroxylation is 1. The quantitative estimate of drug-likeness (QED) is 0.736. The van der Waals surface area contributed by atoms with E-state index in [1.165, 1.54) is 24.4 Å². The number of carbonyl (C=O) groups is 1. The highest BCUT2D eigenvalue weighted by Crippen LogP contribution is 2.25. The van der Waals surface area contributed by atoms with Crippen LogP contribution < -0.4 is 10.5 Å². The van der Waals surface area contributed by atoms with Crippen LogP contribution in [0.2, 0.25) is 0 Å². The number of nitrogens with zero attached hydrogens (tertiary/aromatic N) is 1. The molecule has 1 aromatic carbocycles. The van der Waals surface area contributed by atoms with Crippen LogP contribution in [0, 0.1) is 6.92 Å². The van der Waals surface area contributed by atoms with Gasteiger partial charge in [-0.2, -0.15) is 0 Å². The van der Waals surface area contributed by atoms with Crippen molar-refractivity contribution in [3.63, 3.8) is 0 Å². The maximum Gasteiger partial charge on any atom is 0.337 e. The van der Waals surface area contributed by atoms with E-state index < -0.39 is 16.0 Å². The highest BCUT2D eigenvalue weighted by molar-refractivity contribution is 7.94. The Morgan fingerprint density at radius 1 is 1.45 bits per heavy atom. The van der Waals surface area contributed by atoms with Crippen LogP contribution in [0.4, 0.5) is 11.4 Å². The summed E-state index contributed by atoms with van der Waals surface area (Å²) in [5.41, 5.74) is 5.47. The van der Waals surface area contributed by atoms with Crippen LogP contribution in [-0.4, -0.2) is 24.5 Å². The SMILES string of the molecule is Cc1ncc(S(=O)(=O)Nc2ccc(N)cc2C(=O)O)s1. The van der Waals surface area contributed by atoms with Gasteiger partial charge in [0.2, 0.25) is 0 Å². The van der Waals surface area contributed by atoms with E-state index in [-0.39, 0.29) is 21.1 Å². The van der Waals surface area contributed by atoms with Crippen molar-refractivity contribution in [3.8, 4) is 0 Å². The van der Waals surface area contributed by atoms with Crippen LogP contribution >= 0.6 is 11.3 Å². The van der Waals surface area contributed by atoms with E-state index in [2.05, 4.69) is 9.71 Å². The monoisotopic (exact) mass is 313 g/mol. The Morgan fingerprint density at radius 3 is 2.70 bits per heavy atom. The van der Waals surface area contributed by atoms with Crippen molar-refractivity contribution in [2.24, 2.45) is 0 Å². The average Bonchev–Trinajstić information content (AvgIpc) is 2.78. The Hall–Kier alpha value is -2.13. The maximum absolute atomic E-state index is 12.1. The minimum atomic E-state index is -3.86. The molecule has 2 aromatic rings. The first-order chi connectivity index (χ1) is 9.29. The molecule has 0 aliphatic carbocycles. The molecule has 0 unspecified atom stereocenters. The van der Waals surface area contributed by atoms with Gasteiger partial charge in [0.1, 0.15) is 0 Å². The van der Waals surface area contributed by atoms with E-state index in [9.17, 15) is 13.2 Å². The number of hydrogen-bond acceptors (Lipinski definition) is 6. The molecule has 9 heteroatoms. The molecule has 2 rings (SSSR count). The van der Waals surface area contributed by atoms with E-state index in [4.69, 9.17) is 10.8 Å². The van der Waals surface area contributed by atoms with Gasteiger partial charge in [-0.05, 0) is 25.1 Å². The summed E-state index contributed by atoms with van der Waals surface area (Å²) in [4.78, 5) is 15.0. The zero-order valence-electron chi connectivity index (χ0n) is 10.3. The van der Waals surface area contributed by atoms with Crippen LogP contribution in [-0.2, 0) is 10.0 Å². The summed E-state index contributed by atoms with van der Waals surface area (Å²) in [7, 11) is -3.86. The Morgan fingerprint density at radius 2 is 2.15 bits per heavy atom. The number of carboxylic acids is 1. The lowest BCUT2D eigenvalue weighted by molar-refractivity contribution is 0.0698. The molecule has 0 amide bonds. The molecule has 0 aliphatic rings. The number of nitrogens with two attached hydrogens (primary N) is 1. The normalized spacial score (nSPS) is 11.2. The number of aromatic nitrogens is 1. The number of carboxylic acid groups (broad SMARTS) is 1. The number of hydrogen-bond donors (Lipinski definition) is 3. The number of benzene rings is 1. The molecule has 7 nitrogen and oxygen atoms in total. The number of rotatable bonds is 4. The summed E-state index contributed by atoms with van der Waals surface area (Å²) in [6.45, 7) is 1.68. The first-order valence-electron chi connectivity index (χ1n) is 5.37. The predicted octanol–water partition coefficient (Wildman–Crippen LogP) is 1.53. The minimum absolute atomic E-state index is 0.0168. The lowest BCUT2D eigenvalue weighted by atomic mass is 10.1. The smallest absolute Gasteiger partial charge is 0.337 e. The highest BCUT2D eigenvalue weighted by atomic mass is 32.2. The zero-order chi connectivity index (χ0) is 14.9. The van der Waals surface area contributed by atoms with Gasteiger partial charge in [-0.25, -0.2) is 18.2 Å². The van der Waals surface area contributed by atoms with E-state index in [1.807, 2.05) is 0 Å². The second-order valence-electron chi connectivity index (χ2n) is 3.91. The maximum atomic E-state index is 12.1. The van der Waals surface area contributed by atoms with Gasteiger partial charge in [0, 0.05) is 5.69 Å². The number of nitrogen functional groups attached to an aromatic ring is 1. The molecule has 0 bridgehead atoms. The topological polar surface area (TPSA) is 122 Å². The number of sulfonamides is 1. The van der Waals surface area contributed by atoms with Crippen LogP contribution in [0.1, 0.15) is 15.4 Å². The van der Waals surface area contributed by atoms with Gasteiger partial charge in [-0.3, -0.25) is 4.72 Å². The van der Waals surface area contributed by atoms with Crippen molar-refractivity contribution in [2.75, 3.05) is 10.5 Å². The summed E-state index contributed by atoms with van der Waals surface area (Å²) in [5.74, 6) is -1.27. The summed E-state index contributed by atoms with van der Waals surface area (Å²) in [5, 5.41) is 9.66. The molecular formula is C11H11N3O4S2. The highest BCUT2D eigenvalue weighted by Gasteiger charge is 2.20. The molecule has 4 N–H and O–H groups in total. The fourth-order valence-corrected chi connectivity index (χ4v) is 3.68. The third kappa shape index (κ3) is 2.89. The van der Waals surface area contributed by atoms with Gasteiger partial charge in [-0.1, -0.05) is 0 Å². The third-order valence-electron chi connectivity index (χ3n) is 2.38. The Bertz CT molecular complexity index is 768. The third-order valence-corrected chi connectivity index (χ3v) is 5.12. The molecule has 20 heavy (non-hydrogen) atoms. The van der Waals surface area contributed by atoms with Gasteiger partial charge < -0.3 is 10.8 Å². The van der Waals surface area contributed by atoms with E-state index in [0.29, 0.717) is 5.01 Å². The first-order valence-corrected chi connectivity index (χ1v) is 7.67. The summed E-state index contributed by atoms with van der Waals surface area (Å²) in [6, 6.07) is 3.92. The molecule has 0 spiro atoms. The lowest BCUT2D eigenvalue weighted by Gasteiger charge is -2.09. The standard InChI is InChI=1S/C11H11N3O4S2/c1-6-13-5-10(19-6)20(17,18)14-9-3-2-7(12)4-8(9)11(15)16/h2-5,14H,12H2,1H3,(H,15,16). The molecule has 0 fully saturated rings. The van der Waals surface area contributed by atoms with Crippen LogP contribution in [0.5, 0.6) is 0 Å². The molecule has 1 aromatic heterocycles. The molecule has 0 aliphatic heterocycles. The van der Waals surface area contributed by atoms with Gasteiger partial charge in [0.15, 0.2) is 4.21 Å². The average molecular weight is 313 g/mol.